The van der Waals surface area contributed by atoms with Gasteiger partial charge in [-0.15, -0.1) is 0 Å². The Morgan fingerprint density at radius 1 is 1.10 bits per heavy atom. The average molecular weight is 594 g/mol. The van der Waals surface area contributed by atoms with Crippen LogP contribution in [-0.4, -0.2) is 46.4 Å². The number of amides is 1. The van der Waals surface area contributed by atoms with E-state index in [1.807, 2.05) is 35.9 Å². The third-order valence-corrected chi connectivity index (χ3v) is 10.0. The number of sulfone groups is 1. The number of rotatable bonds is 11. The number of imidazole rings is 1. The maximum atomic E-state index is 14.5. The molecule has 1 aliphatic carbocycles. The monoisotopic (exact) mass is 593 g/mol. The molecule has 1 saturated carbocycles. The van der Waals surface area contributed by atoms with Crippen molar-refractivity contribution in [1.82, 2.24) is 19.9 Å². The minimum Gasteiger partial charge on any atom is -0.457 e. The number of carbonyl (C=O) groups is 1. The van der Waals surface area contributed by atoms with Gasteiger partial charge in [0.2, 0.25) is 5.95 Å². The Kier molecular flexibility index (Phi) is 8.77. The van der Waals surface area contributed by atoms with Gasteiger partial charge in [0.15, 0.2) is 9.84 Å². The maximum absolute atomic E-state index is 14.5. The number of halogens is 1. The molecule has 0 spiro atoms. The predicted molar refractivity (Wildman–Crippen MR) is 162 cm³/mol. The molecule has 222 valence electrons. The lowest BCUT2D eigenvalue weighted by atomic mass is 9.96. The van der Waals surface area contributed by atoms with Gasteiger partial charge in [-0.2, -0.15) is 0 Å². The highest BCUT2D eigenvalue weighted by Gasteiger charge is 2.21. The summed E-state index contributed by atoms with van der Waals surface area (Å²) in [5, 5.41) is 5.61. The van der Waals surface area contributed by atoms with E-state index in [0.29, 0.717) is 29.4 Å². The highest BCUT2D eigenvalue weighted by Crippen LogP contribution is 2.37. The molecule has 1 aliphatic rings. The standard InChI is InChI=1S/C31H36FN5O4S/c1-20(2)42(39,40)16-6-14-34-30(38)28-19-24(13-15-33-28)41-23-10-12-29-27(18-23)36-31(37(29)3)35-22-9-11-26(32)25(17-22)21-7-4-5-8-21/h9-13,15,17-21H,4-8,14,16H2,1-3H3,(H,34,38)(H,35,36). The molecule has 11 heteroatoms. The third-order valence-electron chi connectivity index (χ3n) is 7.71. The van der Waals surface area contributed by atoms with Crippen molar-refractivity contribution >= 4 is 38.4 Å². The van der Waals surface area contributed by atoms with Crippen LogP contribution in [0.3, 0.4) is 0 Å². The second kappa shape index (κ2) is 12.5. The molecule has 2 aromatic carbocycles. The summed E-state index contributed by atoms with van der Waals surface area (Å²) in [6.07, 6.45) is 6.12. The molecule has 9 nitrogen and oxygen atoms in total. The van der Waals surface area contributed by atoms with Crippen LogP contribution in [0.2, 0.25) is 0 Å². The van der Waals surface area contributed by atoms with E-state index in [4.69, 9.17) is 9.72 Å². The average Bonchev–Trinajstić information content (AvgIpc) is 3.60. The molecule has 0 saturated heterocycles. The quantitative estimate of drug-likeness (QED) is 0.198. The summed E-state index contributed by atoms with van der Waals surface area (Å²) in [4.78, 5) is 21.4. The Labute approximate surface area is 245 Å². The van der Waals surface area contributed by atoms with Crippen LogP contribution < -0.4 is 15.4 Å². The Balaban J connectivity index is 1.25. The summed E-state index contributed by atoms with van der Waals surface area (Å²) in [6.45, 7) is 3.51. The van der Waals surface area contributed by atoms with Crippen molar-refractivity contribution in [1.29, 1.82) is 0 Å². The van der Waals surface area contributed by atoms with E-state index < -0.39 is 21.0 Å². The van der Waals surface area contributed by atoms with Gasteiger partial charge in [-0.3, -0.25) is 9.78 Å². The SMILES string of the molecule is CC(C)S(=O)(=O)CCCNC(=O)c1cc(Oc2ccc3c(c2)nc(Nc2ccc(F)c(C4CCCC4)c2)n3C)ccn1. The van der Waals surface area contributed by atoms with Crippen molar-refractivity contribution in [3.63, 3.8) is 0 Å². The van der Waals surface area contributed by atoms with Crippen molar-refractivity contribution in [3.8, 4) is 11.5 Å². The molecule has 2 N–H and O–H groups in total. The van der Waals surface area contributed by atoms with Crippen molar-refractivity contribution in [2.45, 2.75) is 57.1 Å². The first kappa shape index (κ1) is 29.5. The number of carbonyl (C=O) groups excluding carboxylic acids is 1. The summed E-state index contributed by atoms with van der Waals surface area (Å²) < 4.78 is 46.4. The minimum atomic E-state index is -3.15. The van der Waals surface area contributed by atoms with Gasteiger partial charge in [0.05, 0.1) is 22.0 Å². The number of benzene rings is 2. The highest BCUT2D eigenvalue weighted by atomic mass is 32.2. The molecule has 0 radical (unpaired) electrons. The van der Waals surface area contributed by atoms with Crippen molar-refractivity contribution < 1.29 is 22.3 Å². The van der Waals surface area contributed by atoms with Crippen LogP contribution in [0.25, 0.3) is 11.0 Å². The first-order valence-corrected chi connectivity index (χ1v) is 16.0. The number of hydrogen-bond donors (Lipinski definition) is 2. The summed E-state index contributed by atoms with van der Waals surface area (Å²) in [6, 6.07) is 13.9. The number of anilines is 2. The molecule has 42 heavy (non-hydrogen) atoms. The van der Waals surface area contributed by atoms with Crippen LogP contribution in [-0.2, 0) is 16.9 Å². The molecule has 0 unspecified atom stereocenters. The summed E-state index contributed by atoms with van der Waals surface area (Å²) in [7, 11) is -1.24. The molecule has 0 aliphatic heterocycles. The minimum absolute atomic E-state index is 0.0140. The number of hydrogen-bond acceptors (Lipinski definition) is 7. The lowest BCUT2D eigenvalue weighted by Gasteiger charge is -2.13. The van der Waals surface area contributed by atoms with E-state index in [2.05, 4.69) is 15.6 Å². The van der Waals surface area contributed by atoms with Gasteiger partial charge >= 0.3 is 0 Å². The molecule has 0 atom stereocenters. The Morgan fingerprint density at radius 3 is 2.62 bits per heavy atom. The van der Waals surface area contributed by atoms with Crippen molar-refractivity contribution in [2.75, 3.05) is 17.6 Å². The lowest BCUT2D eigenvalue weighted by molar-refractivity contribution is 0.0948. The van der Waals surface area contributed by atoms with Crippen LogP contribution in [0, 0.1) is 5.82 Å². The number of ether oxygens (including phenoxy) is 1. The fourth-order valence-corrected chi connectivity index (χ4v) is 6.21. The van der Waals surface area contributed by atoms with E-state index in [0.717, 1.165) is 42.5 Å². The Morgan fingerprint density at radius 2 is 1.86 bits per heavy atom. The van der Waals surface area contributed by atoms with Crippen LogP contribution in [0.5, 0.6) is 11.5 Å². The molecule has 2 heterocycles. The predicted octanol–water partition coefficient (Wildman–Crippen LogP) is 6.24. The van der Waals surface area contributed by atoms with Crippen molar-refractivity contribution in [2.24, 2.45) is 7.05 Å². The van der Waals surface area contributed by atoms with Crippen LogP contribution in [0.4, 0.5) is 16.0 Å². The van der Waals surface area contributed by atoms with Gasteiger partial charge in [-0.25, -0.2) is 17.8 Å². The summed E-state index contributed by atoms with van der Waals surface area (Å²) >= 11 is 0. The number of aryl methyl sites for hydroxylation is 1. The van der Waals surface area contributed by atoms with Gasteiger partial charge < -0.3 is 19.9 Å². The molecule has 1 amide bonds. The fraction of sp³-hybridized carbons (Fsp3) is 0.387. The van der Waals surface area contributed by atoms with E-state index in [-0.39, 0.29) is 29.7 Å². The Bertz CT molecular complexity index is 1700. The molecule has 2 aromatic heterocycles. The zero-order valence-corrected chi connectivity index (χ0v) is 24.9. The summed E-state index contributed by atoms with van der Waals surface area (Å²) in [5.74, 6) is 1.30. The number of nitrogens with zero attached hydrogens (tertiary/aromatic N) is 3. The zero-order valence-electron chi connectivity index (χ0n) is 24.1. The first-order chi connectivity index (χ1) is 20.1. The van der Waals surface area contributed by atoms with E-state index in [1.165, 1.54) is 18.3 Å². The molecule has 5 rings (SSSR count). The second-order valence-electron chi connectivity index (χ2n) is 11.0. The zero-order chi connectivity index (χ0) is 29.9. The van der Waals surface area contributed by atoms with Gasteiger partial charge in [-0.1, -0.05) is 12.8 Å². The lowest BCUT2D eigenvalue weighted by Crippen LogP contribution is -2.28. The molecule has 1 fully saturated rings. The van der Waals surface area contributed by atoms with Crippen LogP contribution in [0.15, 0.2) is 54.7 Å². The number of fused-ring (bicyclic) bond motifs is 1. The fourth-order valence-electron chi connectivity index (χ4n) is 5.19. The number of nitrogens with one attached hydrogen (secondary N) is 2. The number of pyridine rings is 1. The topological polar surface area (TPSA) is 115 Å². The maximum Gasteiger partial charge on any atom is 0.270 e. The number of aromatic nitrogens is 3. The molecular weight excluding hydrogens is 557 g/mol. The van der Waals surface area contributed by atoms with Gasteiger partial charge in [-0.05, 0) is 81.0 Å². The molecule has 4 aromatic rings. The summed E-state index contributed by atoms with van der Waals surface area (Å²) in [5.41, 5.74) is 3.31. The normalized spacial score (nSPS) is 14.0. The smallest absolute Gasteiger partial charge is 0.270 e. The van der Waals surface area contributed by atoms with Crippen LogP contribution in [0.1, 0.15) is 67.9 Å². The third kappa shape index (κ3) is 6.73. The largest absolute Gasteiger partial charge is 0.457 e. The second-order valence-corrected chi connectivity index (χ2v) is 13.7. The van der Waals surface area contributed by atoms with Crippen LogP contribution >= 0.6 is 0 Å². The highest BCUT2D eigenvalue weighted by molar-refractivity contribution is 7.91. The van der Waals surface area contributed by atoms with Gasteiger partial charge in [0.1, 0.15) is 23.0 Å². The van der Waals surface area contributed by atoms with E-state index in [9.17, 15) is 17.6 Å². The van der Waals surface area contributed by atoms with Gasteiger partial charge in [0.25, 0.3) is 5.91 Å². The molecule has 0 bridgehead atoms. The first-order valence-electron chi connectivity index (χ1n) is 14.3. The van der Waals surface area contributed by atoms with Gasteiger partial charge in [0, 0.05) is 37.6 Å². The van der Waals surface area contributed by atoms with E-state index in [1.54, 1.807) is 26.0 Å². The Hall–Kier alpha value is -3.99. The van der Waals surface area contributed by atoms with E-state index >= 15 is 0 Å². The molecular formula is C31H36FN5O4S. The van der Waals surface area contributed by atoms with Crippen molar-refractivity contribution in [3.05, 3.63) is 71.8 Å².